The fourth-order valence-corrected chi connectivity index (χ4v) is 5.75. The Morgan fingerprint density at radius 3 is 2.03 bits per heavy atom. The SMILES string of the molecule is CS(=O)(=O)OC1=C(OS(=O)(=O)c2ccccc2)C=CC(OS(=O)(=O)Cc2ccccc2)([N+](=O)[O-])C1. The molecule has 3 rings (SSSR count). The first-order valence-corrected chi connectivity index (χ1v) is 14.4. The third-order valence-corrected chi connectivity index (χ3v) is 7.42. The minimum Gasteiger partial charge on any atom is -0.383 e. The average molecular weight is 546 g/mol. The zero-order valence-corrected chi connectivity index (χ0v) is 20.5. The van der Waals surface area contributed by atoms with E-state index >= 15 is 0 Å². The van der Waals surface area contributed by atoms with Gasteiger partial charge in [-0.3, -0.25) is 10.1 Å². The van der Waals surface area contributed by atoms with Gasteiger partial charge in [-0.15, -0.1) is 0 Å². The molecule has 0 saturated heterocycles. The van der Waals surface area contributed by atoms with Crippen molar-refractivity contribution in [2.45, 2.75) is 22.8 Å². The fraction of sp³-hybridized carbons (Fsp3) is 0.200. The maximum Gasteiger partial charge on any atom is 0.365 e. The Labute approximate surface area is 202 Å². The van der Waals surface area contributed by atoms with Crippen molar-refractivity contribution in [2.24, 2.45) is 0 Å². The largest absolute Gasteiger partial charge is 0.383 e. The zero-order valence-electron chi connectivity index (χ0n) is 18.0. The summed E-state index contributed by atoms with van der Waals surface area (Å²) < 4.78 is 88.5. The van der Waals surface area contributed by atoms with Crippen molar-refractivity contribution in [3.05, 3.63) is 100 Å². The van der Waals surface area contributed by atoms with Crippen LogP contribution in [0.3, 0.4) is 0 Å². The lowest BCUT2D eigenvalue weighted by molar-refractivity contribution is -0.599. The van der Waals surface area contributed by atoms with E-state index in [1.54, 1.807) is 24.3 Å². The maximum absolute atomic E-state index is 12.6. The number of hydrogen-bond donors (Lipinski definition) is 0. The molecule has 0 aromatic heterocycles. The van der Waals surface area contributed by atoms with Crippen LogP contribution in [0.25, 0.3) is 0 Å². The molecule has 35 heavy (non-hydrogen) atoms. The van der Waals surface area contributed by atoms with Crippen LogP contribution >= 0.6 is 0 Å². The normalized spacial score (nSPS) is 18.8. The molecule has 0 saturated carbocycles. The van der Waals surface area contributed by atoms with Gasteiger partial charge in [0.1, 0.15) is 17.1 Å². The monoisotopic (exact) mass is 545 g/mol. The number of allylic oxidation sites excluding steroid dienone is 1. The number of hydrogen-bond acceptors (Lipinski definition) is 11. The highest BCUT2D eigenvalue weighted by molar-refractivity contribution is 7.87. The van der Waals surface area contributed by atoms with Gasteiger partial charge in [0.25, 0.3) is 10.1 Å². The van der Waals surface area contributed by atoms with Gasteiger partial charge in [-0.05, 0) is 23.8 Å². The average Bonchev–Trinajstić information content (AvgIpc) is 2.75. The van der Waals surface area contributed by atoms with Crippen LogP contribution in [0, 0.1) is 10.1 Å². The second-order valence-electron chi connectivity index (χ2n) is 7.31. The van der Waals surface area contributed by atoms with E-state index in [-0.39, 0.29) is 10.5 Å². The van der Waals surface area contributed by atoms with E-state index in [0.717, 1.165) is 0 Å². The lowest BCUT2D eigenvalue weighted by Gasteiger charge is -2.26. The van der Waals surface area contributed by atoms with Crippen LogP contribution in [0.5, 0.6) is 0 Å². The van der Waals surface area contributed by atoms with Crippen LogP contribution in [0.1, 0.15) is 12.0 Å². The molecule has 0 aliphatic heterocycles. The molecule has 15 heteroatoms. The summed E-state index contributed by atoms with van der Waals surface area (Å²) in [5, 5.41) is 11.9. The molecule has 188 valence electrons. The Kier molecular flexibility index (Phi) is 7.35. The quantitative estimate of drug-likeness (QED) is 0.185. The second-order valence-corrected chi connectivity index (χ2v) is 12.0. The lowest BCUT2D eigenvalue weighted by Crippen LogP contribution is -2.43. The van der Waals surface area contributed by atoms with Gasteiger partial charge < -0.3 is 8.37 Å². The van der Waals surface area contributed by atoms with E-state index < -0.39 is 64.7 Å². The molecule has 0 heterocycles. The number of benzene rings is 2. The second kappa shape index (κ2) is 9.77. The lowest BCUT2D eigenvalue weighted by atomic mass is 10.0. The van der Waals surface area contributed by atoms with Crippen molar-refractivity contribution in [3.63, 3.8) is 0 Å². The van der Waals surface area contributed by atoms with Crippen LogP contribution in [0.4, 0.5) is 0 Å². The van der Waals surface area contributed by atoms with Gasteiger partial charge in [-0.1, -0.05) is 48.5 Å². The minimum atomic E-state index is -4.58. The molecule has 0 bridgehead atoms. The van der Waals surface area contributed by atoms with E-state index in [4.69, 9.17) is 12.5 Å². The van der Waals surface area contributed by atoms with Gasteiger partial charge in [0.2, 0.25) is 0 Å². The summed E-state index contributed by atoms with van der Waals surface area (Å²) in [6, 6.07) is 14.5. The molecule has 12 nitrogen and oxygen atoms in total. The van der Waals surface area contributed by atoms with E-state index in [0.29, 0.717) is 18.4 Å². The topological polar surface area (TPSA) is 173 Å². The number of nitrogens with zero attached hydrogens (tertiary/aromatic N) is 1. The van der Waals surface area contributed by atoms with Crippen molar-refractivity contribution in [1.82, 2.24) is 0 Å². The molecule has 2 aromatic carbocycles. The molecular formula is C20H19NO11S3. The van der Waals surface area contributed by atoms with Gasteiger partial charge in [0.15, 0.2) is 11.5 Å². The predicted molar refractivity (Wildman–Crippen MR) is 121 cm³/mol. The first-order valence-electron chi connectivity index (χ1n) is 9.64. The van der Waals surface area contributed by atoms with Gasteiger partial charge in [-0.2, -0.15) is 29.4 Å². The van der Waals surface area contributed by atoms with Crippen molar-refractivity contribution in [3.8, 4) is 0 Å². The molecule has 0 fully saturated rings. The predicted octanol–water partition coefficient (Wildman–Crippen LogP) is 2.06. The minimum absolute atomic E-state index is 0.284. The Morgan fingerprint density at radius 2 is 1.49 bits per heavy atom. The molecule has 0 N–H and O–H groups in total. The summed E-state index contributed by atoms with van der Waals surface area (Å²) in [6.07, 6.45) is 0.881. The number of nitro groups is 1. The van der Waals surface area contributed by atoms with Crippen molar-refractivity contribution < 1.29 is 42.7 Å². The molecule has 0 radical (unpaired) electrons. The summed E-state index contributed by atoms with van der Waals surface area (Å²) >= 11 is 0. The van der Waals surface area contributed by atoms with Gasteiger partial charge in [0.05, 0.1) is 11.2 Å². The van der Waals surface area contributed by atoms with E-state index in [1.165, 1.54) is 36.4 Å². The highest BCUT2D eigenvalue weighted by Crippen LogP contribution is 2.36. The van der Waals surface area contributed by atoms with E-state index in [9.17, 15) is 35.4 Å². The molecular weight excluding hydrogens is 526 g/mol. The van der Waals surface area contributed by atoms with Crippen LogP contribution < -0.4 is 0 Å². The van der Waals surface area contributed by atoms with Crippen molar-refractivity contribution in [2.75, 3.05) is 6.26 Å². The molecule has 0 spiro atoms. The van der Waals surface area contributed by atoms with E-state index in [2.05, 4.69) is 0 Å². The van der Waals surface area contributed by atoms with Crippen LogP contribution in [-0.2, 0) is 48.7 Å². The van der Waals surface area contributed by atoms with Crippen molar-refractivity contribution >= 4 is 30.4 Å². The Bertz CT molecular complexity index is 1480. The highest BCUT2D eigenvalue weighted by Gasteiger charge is 2.51. The van der Waals surface area contributed by atoms with Crippen molar-refractivity contribution in [1.29, 1.82) is 0 Å². The Hall–Kier alpha value is -3.27. The first kappa shape index (κ1) is 26.3. The van der Waals surface area contributed by atoms with Gasteiger partial charge in [0, 0.05) is 6.08 Å². The number of rotatable bonds is 10. The molecule has 1 aliphatic rings. The van der Waals surface area contributed by atoms with Crippen LogP contribution in [0.15, 0.2) is 89.2 Å². The third kappa shape index (κ3) is 6.88. The van der Waals surface area contributed by atoms with Gasteiger partial charge in [-0.25, -0.2) is 0 Å². The van der Waals surface area contributed by atoms with Crippen LogP contribution in [0.2, 0.25) is 0 Å². The van der Waals surface area contributed by atoms with Gasteiger partial charge >= 0.3 is 26.0 Å². The molecule has 0 amide bonds. The first-order chi connectivity index (χ1) is 16.2. The van der Waals surface area contributed by atoms with E-state index in [1.807, 2.05) is 0 Å². The fourth-order valence-electron chi connectivity index (χ4n) is 3.00. The Morgan fingerprint density at radius 1 is 0.914 bits per heavy atom. The summed E-state index contributed by atoms with van der Waals surface area (Å²) in [5.74, 6) is -2.24. The highest BCUT2D eigenvalue weighted by atomic mass is 32.2. The summed E-state index contributed by atoms with van der Waals surface area (Å²) in [4.78, 5) is 10.5. The summed E-state index contributed by atoms with van der Waals surface area (Å²) in [5.41, 5.74) is -2.54. The summed E-state index contributed by atoms with van der Waals surface area (Å²) in [6.45, 7) is 0. The smallest absolute Gasteiger partial charge is 0.365 e. The van der Waals surface area contributed by atoms with Crippen LogP contribution in [-0.4, -0.2) is 42.2 Å². The molecule has 1 unspecified atom stereocenters. The molecule has 2 aromatic rings. The third-order valence-electron chi connectivity index (χ3n) is 4.43. The summed E-state index contributed by atoms with van der Waals surface area (Å²) in [7, 11) is -13.4. The molecule has 1 atom stereocenters. The molecule has 1 aliphatic carbocycles. The standard InChI is InChI=1S/C20H19NO11S3/c1-33(24,25)30-19-14-20(21(22)23,32-34(26,27)15-16-8-4-2-5-9-16)13-12-18(19)31-35(28,29)17-10-6-3-7-11-17/h2-13H,14-15H2,1H3. The zero-order chi connectivity index (χ0) is 25.9. The Balaban J connectivity index is 1.98. The maximum atomic E-state index is 12.6.